The maximum Gasteiger partial charge on any atom is 0.252 e. The van der Waals surface area contributed by atoms with Gasteiger partial charge in [-0.1, -0.05) is 6.92 Å². The van der Waals surface area contributed by atoms with Crippen molar-refractivity contribution in [3.05, 3.63) is 41.3 Å². The SMILES string of the molecule is CC1CCNCC1NC(=O)c1cc(C2CC2)nc2ccc(F)cc12.Cl.Cl. The van der Waals surface area contributed by atoms with Crippen LogP contribution in [0.2, 0.25) is 0 Å². The summed E-state index contributed by atoms with van der Waals surface area (Å²) in [7, 11) is 0. The Labute approximate surface area is 165 Å². The van der Waals surface area contributed by atoms with Gasteiger partial charge in [-0.25, -0.2) is 4.39 Å². The molecule has 4 nitrogen and oxygen atoms in total. The zero-order chi connectivity index (χ0) is 16.7. The van der Waals surface area contributed by atoms with Crippen LogP contribution in [-0.4, -0.2) is 30.0 Å². The number of pyridine rings is 1. The van der Waals surface area contributed by atoms with Crippen molar-refractivity contribution in [3.8, 4) is 0 Å². The van der Waals surface area contributed by atoms with Crippen LogP contribution in [0.25, 0.3) is 10.9 Å². The number of amides is 1. The number of hydrogen-bond donors (Lipinski definition) is 2. The Balaban J connectivity index is 0.00000121. The first-order valence-corrected chi connectivity index (χ1v) is 8.73. The van der Waals surface area contributed by atoms with E-state index >= 15 is 0 Å². The van der Waals surface area contributed by atoms with Crippen LogP contribution in [0.1, 0.15) is 48.2 Å². The van der Waals surface area contributed by atoms with Crippen molar-refractivity contribution in [1.29, 1.82) is 0 Å². The number of rotatable bonds is 3. The van der Waals surface area contributed by atoms with Gasteiger partial charge in [0.25, 0.3) is 5.91 Å². The average Bonchev–Trinajstić information content (AvgIpc) is 3.41. The molecule has 1 aromatic carbocycles. The van der Waals surface area contributed by atoms with Crippen molar-refractivity contribution >= 4 is 41.6 Å². The molecule has 1 aliphatic heterocycles. The van der Waals surface area contributed by atoms with Crippen LogP contribution in [0, 0.1) is 11.7 Å². The summed E-state index contributed by atoms with van der Waals surface area (Å²) in [6, 6.07) is 6.44. The first-order chi connectivity index (χ1) is 11.6. The van der Waals surface area contributed by atoms with Gasteiger partial charge in [0.05, 0.1) is 11.1 Å². The molecule has 0 spiro atoms. The lowest BCUT2D eigenvalue weighted by Gasteiger charge is -2.30. The van der Waals surface area contributed by atoms with E-state index in [1.54, 1.807) is 6.07 Å². The summed E-state index contributed by atoms with van der Waals surface area (Å²) >= 11 is 0. The Morgan fingerprint density at radius 2 is 2.00 bits per heavy atom. The first-order valence-electron chi connectivity index (χ1n) is 8.73. The number of nitrogens with zero attached hydrogens (tertiary/aromatic N) is 1. The molecule has 26 heavy (non-hydrogen) atoms. The number of piperidine rings is 1. The highest BCUT2D eigenvalue weighted by atomic mass is 35.5. The molecule has 2 aliphatic rings. The van der Waals surface area contributed by atoms with Crippen LogP contribution in [0.4, 0.5) is 4.39 Å². The Kier molecular flexibility index (Phi) is 6.83. The highest BCUT2D eigenvalue weighted by molar-refractivity contribution is 6.06. The lowest BCUT2D eigenvalue weighted by Crippen LogP contribution is -2.50. The molecule has 2 N–H and O–H groups in total. The van der Waals surface area contributed by atoms with Crippen molar-refractivity contribution in [2.24, 2.45) is 5.92 Å². The highest BCUT2D eigenvalue weighted by Crippen LogP contribution is 2.40. The molecular weight excluding hydrogens is 376 g/mol. The standard InChI is InChI=1S/C19H22FN3O.2ClH/c1-11-6-7-21-10-18(11)23-19(24)15-9-17(12-2-3-12)22-16-5-4-13(20)8-14(15)16;;/h4-5,8-9,11-12,18,21H,2-3,6-7,10H2,1H3,(H,23,24);2*1H. The lowest BCUT2D eigenvalue weighted by molar-refractivity contribution is 0.0917. The molecule has 1 saturated heterocycles. The summed E-state index contributed by atoms with van der Waals surface area (Å²) in [5.41, 5.74) is 2.19. The van der Waals surface area contributed by atoms with Gasteiger partial charge < -0.3 is 10.6 Å². The fraction of sp³-hybridized carbons (Fsp3) is 0.474. The second kappa shape index (κ2) is 8.51. The fourth-order valence-corrected chi connectivity index (χ4v) is 3.42. The third-order valence-electron chi connectivity index (χ3n) is 5.17. The molecule has 2 fully saturated rings. The second-order valence-electron chi connectivity index (χ2n) is 7.08. The van der Waals surface area contributed by atoms with Gasteiger partial charge in [-0.2, -0.15) is 0 Å². The molecule has 2 heterocycles. The minimum Gasteiger partial charge on any atom is -0.348 e. The van der Waals surface area contributed by atoms with Gasteiger partial charge in [0.2, 0.25) is 0 Å². The molecule has 1 amide bonds. The summed E-state index contributed by atoms with van der Waals surface area (Å²) in [6.45, 7) is 3.92. The van der Waals surface area contributed by atoms with E-state index in [0.29, 0.717) is 28.3 Å². The smallest absolute Gasteiger partial charge is 0.252 e. The van der Waals surface area contributed by atoms with Gasteiger partial charge in [-0.15, -0.1) is 24.8 Å². The Hall–Kier alpha value is -1.43. The third kappa shape index (κ3) is 4.27. The number of hydrogen-bond acceptors (Lipinski definition) is 3. The molecule has 1 aliphatic carbocycles. The highest BCUT2D eigenvalue weighted by Gasteiger charge is 2.28. The van der Waals surface area contributed by atoms with Crippen LogP contribution in [-0.2, 0) is 0 Å². The van der Waals surface area contributed by atoms with Gasteiger partial charge in [0, 0.05) is 29.6 Å². The summed E-state index contributed by atoms with van der Waals surface area (Å²) in [6.07, 6.45) is 3.28. The number of carbonyl (C=O) groups excluding carboxylic acids is 1. The Bertz CT molecular complexity index is 798. The van der Waals surface area contributed by atoms with Gasteiger partial charge >= 0.3 is 0 Å². The molecule has 7 heteroatoms. The zero-order valence-corrected chi connectivity index (χ0v) is 16.3. The van der Waals surface area contributed by atoms with Crippen molar-refractivity contribution < 1.29 is 9.18 Å². The van der Waals surface area contributed by atoms with Crippen molar-refractivity contribution in [2.45, 2.75) is 38.1 Å². The largest absolute Gasteiger partial charge is 0.348 e. The summed E-state index contributed by atoms with van der Waals surface area (Å²) in [5, 5.41) is 7.04. The topological polar surface area (TPSA) is 54.0 Å². The molecule has 2 aromatic rings. The summed E-state index contributed by atoms with van der Waals surface area (Å²) < 4.78 is 13.7. The molecule has 1 aromatic heterocycles. The Morgan fingerprint density at radius 1 is 1.23 bits per heavy atom. The third-order valence-corrected chi connectivity index (χ3v) is 5.17. The van der Waals surface area contributed by atoms with E-state index < -0.39 is 0 Å². The van der Waals surface area contributed by atoms with Crippen molar-refractivity contribution in [1.82, 2.24) is 15.6 Å². The summed E-state index contributed by atoms with van der Waals surface area (Å²) in [5.74, 6) is 0.407. The second-order valence-corrected chi connectivity index (χ2v) is 7.08. The minimum atomic E-state index is -0.342. The molecule has 2 atom stereocenters. The number of aromatic nitrogens is 1. The number of benzene rings is 1. The first kappa shape index (κ1) is 20.9. The van der Waals surface area contributed by atoms with Gasteiger partial charge in [0.1, 0.15) is 5.82 Å². The predicted octanol–water partition coefficient (Wildman–Crippen LogP) is 3.82. The molecule has 1 saturated carbocycles. The quantitative estimate of drug-likeness (QED) is 0.824. The van der Waals surface area contributed by atoms with E-state index in [0.717, 1.165) is 38.0 Å². The molecular formula is C19H24Cl2FN3O. The van der Waals surface area contributed by atoms with E-state index in [2.05, 4.69) is 22.5 Å². The van der Waals surface area contributed by atoms with E-state index in [-0.39, 0.29) is 42.6 Å². The van der Waals surface area contributed by atoms with E-state index in [4.69, 9.17) is 0 Å². The Morgan fingerprint density at radius 3 is 2.69 bits per heavy atom. The van der Waals surface area contributed by atoms with E-state index in [9.17, 15) is 9.18 Å². The number of fused-ring (bicyclic) bond motifs is 1. The van der Waals surface area contributed by atoms with Crippen LogP contribution < -0.4 is 10.6 Å². The number of carbonyl (C=O) groups is 1. The normalized spacial score (nSPS) is 22.2. The molecule has 142 valence electrons. The van der Waals surface area contributed by atoms with Crippen LogP contribution >= 0.6 is 24.8 Å². The van der Waals surface area contributed by atoms with Crippen LogP contribution in [0.3, 0.4) is 0 Å². The van der Waals surface area contributed by atoms with Crippen molar-refractivity contribution in [3.63, 3.8) is 0 Å². The van der Waals surface area contributed by atoms with E-state index in [1.165, 1.54) is 12.1 Å². The lowest BCUT2D eigenvalue weighted by atomic mass is 9.94. The molecule has 0 bridgehead atoms. The monoisotopic (exact) mass is 399 g/mol. The van der Waals surface area contributed by atoms with Crippen LogP contribution in [0.5, 0.6) is 0 Å². The van der Waals surface area contributed by atoms with Crippen LogP contribution in [0.15, 0.2) is 24.3 Å². The average molecular weight is 400 g/mol. The molecule has 2 unspecified atom stereocenters. The zero-order valence-electron chi connectivity index (χ0n) is 14.6. The maximum absolute atomic E-state index is 13.7. The predicted molar refractivity (Wildman–Crippen MR) is 106 cm³/mol. The van der Waals surface area contributed by atoms with Crippen molar-refractivity contribution in [2.75, 3.05) is 13.1 Å². The molecule has 4 rings (SSSR count). The fourth-order valence-electron chi connectivity index (χ4n) is 3.42. The minimum absolute atomic E-state index is 0. The molecule has 0 radical (unpaired) electrons. The van der Waals surface area contributed by atoms with Gasteiger partial charge in [0.15, 0.2) is 0 Å². The van der Waals surface area contributed by atoms with Gasteiger partial charge in [-0.05, 0) is 56.0 Å². The number of halogens is 3. The van der Waals surface area contributed by atoms with E-state index in [1.807, 2.05) is 6.07 Å². The number of nitrogens with one attached hydrogen (secondary N) is 2. The van der Waals surface area contributed by atoms with Gasteiger partial charge in [-0.3, -0.25) is 9.78 Å². The summed E-state index contributed by atoms with van der Waals surface area (Å²) in [4.78, 5) is 17.5. The maximum atomic E-state index is 13.7.